The van der Waals surface area contributed by atoms with Gasteiger partial charge < -0.3 is 24.8 Å². The van der Waals surface area contributed by atoms with Gasteiger partial charge >= 0.3 is 5.97 Å². The molecule has 0 saturated heterocycles. The van der Waals surface area contributed by atoms with Crippen LogP contribution >= 0.6 is 0 Å². The predicted molar refractivity (Wildman–Crippen MR) is 106 cm³/mol. The van der Waals surface area contributed by atoms with Crippen LogP contribution in [0, 0.1) is 12.3 Å². The van der Waals surface area contributed by atoms with Crippen molar-refractivity contribution in [2.24, 2.45) is 0 Å². The Labute approximate surface area is 168 Å². The highest BCUT2D eigenvalue weighted by Gasteiger charge is 2.10. The van der Waals surface area contributed by atoms with Crippen molar-refractivity contribution in [3.63, 3.8) is 0 Å². The molecule has 8 nitrogen and oxygen atoms in total. The SMILES string of the molecule is C#CCNC(=O)COC(=O)c1ccc(OCC(=O)Nc2cccc(OC)c2)cc1. The van der Waals surface area contributed by atoms with Crippen molar-refractivity contribution in [2.75, 3.05) is 32.2 Å². The van der Waals surface area contributed by atoms with Crippen LogP contribution in [0.4, 0.5) is 5.69 Å². The van der Waals surface area contributed by atoms with Crippen LogP contribution in [0.15, 0.2) is 48.5 Å². The number of nitrogens with one attached hydrogen (secondary N) is 2. The van der Waals surface area contributed by atoms with E-state index in [0.717, 1.165) is 0 Å². The van der Waals surface area contributed by atoms with E-state index in [1.807, 2.05) is 0 Å². The number of ether oxygens (including phenoxy) is 3. The minimum atomic E-state index is -0.664. The highest BCUT2D eigenvalue weighted by molar-refractivity contribution is 5.92. The molecule has 8 heteroatoms. The number of hydrogen-bond donors (Lipinski definition) is 2. The van der Waals surface area contributed by atoms with E-state index in [4.69, 9.17) is 20.6 Å². The lowest BCUT2D eigenvalue weighted by molar-refractivity contribution is -0.124. The van der Waals surface area contributed by atoms with Gasteiger partial charge in [-0.15, -0.1) is 6.42 Å². The summed E-state index contributed by atoms with van der Waals surface area (Å²) in [4.78, 5) is 35.2. The highest BCUT2D eigenvalue weighted by Crippen LogP contribution is 2.17. The van der Waals surface area contributed by atoms with E-state index in [9.17, 15) is 14.4 Å². The van der Waals surface area contributed by atoms with Crippen LogP contribution in [0.3, 0.4) is 0 Å². The van der Waals surface area contributed by atoms with Crippen molar-refractivity contribution in [2.45, 2.75) is 0 Å². The first kappa shape index (κ1) is 21.3. The third kappa shape index (κ3) is 7.27. The molecule has 2 rings (SSSR count). The molecular formula is C21H20N2O6. The van der Waals surface area contributed by atoms with Gasteiger partial charge in [-0.25, -0.2) is 4.79 Å². The molecular weight excluding hydrogens is 376 g/mol. The molecule has 0 atom stereocenters. The molecule has 0 radical (unpaired) electrons. The predicted octanol–water partition coefficient (Wildman–Crippen LogP) is 1.62. The number of carbonyl (C=O) groups excluding carboxylic acids is 3. The third-order valence-corrected chi connectivity index (χ3v) is 3.54. The summed E-state index contributed by atoms with van der Waals surface area (Å²) in [7, 11) is 1.54. The molecule has 0 aliphatic heterocycles. The molecule has 0 aliphatic carbocycles. The molecule has 2 aromatic carbocycles. The van der Waals surface area contributed by atoms with Crippen molar-refractivity contribution in [1.82, 2.24) is 5.32 Å². The van der Waals surface area contributed by atoms with Crippen LogP contribution < -0.4 is 20.1 Å². The largest absolute Gasteiger partial charge is 0.497 e. The van der Waals surface area contributed by atoms with Crippen LogP contribution in [0.25, 0.3) is 0 Å². The van der Waals surface area contributed by atoms with Crippen molar-refractivity contribution in [3.8, 4) is 23.8 Å². The lowest BCUT2D eigenvalue weighted by Gasteiger charge is -2.09. The van der Waals surface area contributed by atoms with Crippen LogP contribution in [-0.2, 0) is 14.3 Å². The minimum absolute atomic E-state index is 0.0633. The second-order valence-electron chi connectivity index (χ2n) is 5.65. The molecule has 0 bridgehead atoms. The smallest absolute Gasteiger partial charge is 0.338 e. The Kier molecular flexibility index (Phi) is 8.08. The standard InChI is InChI=1S/C21H20N2O6/c1-3-11-22-19(24)13-29-21(26)15-7-9-17(10-8-15)28-14-20(25)23-16-5-4-6-18(12-16)27-2/h1,4-10,12H,11,13-14H2,2H3,(H,22,24)(H,23,25). The van der Waals surface area contributed by atoms with Gasteiger partial charge in [0.1, 0.15) is 11.5 Å². The molecule has 0 spiro atoms. The third-order valence-electron chi connectivity index (χ3n) is 3.54. The Balaban J connectivity index is 1.79. The number of carbonyl (C=O) groups is 3. The summed E-state index contributed by atoms with van der Waals surface area (Å²) in [5.74, 6) is 1.77. The molecule has 2 aromatic rings. The molecule has 29 heavy (non-hydrogen) atoms. The lowest BCUT2D eigenvalue weighted by Crippen LogP contribution is -2.28. The van der Waals surface area contributed by atoms with Gasteiger partial charge in [-0.2, -0.15) is 0 Å². The Bertz CT molecular complexity index is 902. The number of esters is 1. The lowest BCUT2D eigenvalue weighted by atomic mass is 10.2. The normalized spacial score (nSPS) is 9.66. The topological polar surface area (TPSA) is 103 Å². The van der Waals surface area contributed by atoms with Gasteiger partial charge in [0.2, 0.25) is 0 Å². The van der Waals surface area contributed by atoms with E-state index >= 15 is 0 Å². The van der Waals surface area contributed by atoms with Crippen LogP contribution in [0.1, 0.15) is 10.4 Å². The van der Waals surface area contributed by atoms with Crippen molar-refractivity contribution < 1.29 is 28.6 Å². The van der Waals surface area contributed by atoms with Crippen molar-refractivity contribution in [1.29, 1.82) is 0 Å². The molecule has 0 aromatic heterocycles. The van der Waals surface area contributed by atoms with Crippen molar-refractivity contribution >= 4 is 23.5 Å². The van der Waals surface area contributed by atoms with Gasteiger partial charge in [0.25, 0.3) is 11.8 Å². The summed E-state index contributed by atoms with van der Waals surface area (Å²) in [6, 6.07) is 12.9. The monoisotopic (exact) mass is 396 g/mol. The number of anilines is 1. The fourth-order valence-corrected chi connectivity index (χ4v) is 2.15. The summed E-state index contributed by atoms with van der Waals surface area (Å²) in [5.41, 5.74) is 0.824. The maximum Gasteiger partial charge on any atom is 0.338 e. The van der Waals surface area contributed by atoms with Gasteiger partial charge in [-0.3, -0.25) is 9.59 Å². The fraction of sp³-hybridized carbons (Fsp3) is 0.190. The zero-order chi connectivity index (χ0) is 21.1. The molecule has 0 aliphatic rings. The van der Waals surface area contributed by atoms with Crippen LogP contribution in [-0.4, -0.2) is 44.7 Å². The average Bonchev–Trinajstić information content (AvgIpc) is 2.75. The fourth-order valence-electron chi connectivity index (χ4n) is 2.15. The van der Waals surface area contributed by atoms with E-state index in [1.54, 1.807) is 24.3 Å². The second-order valence-corrected chi connectivity index (χ2v) is 5.65. The Morgan fingerprint density at radius 1 is 1.00 bits per heavy atom. The molecule has 150 valence electrons. The summed E-state index contributed by atoms with van der Waals surface area (Å²) >= 11 is 0. The van der Waals surface area contributed by atoms with Crippen molar-refractivity contribution in [3.05, 3.63) is 54.1 Å². The first-order valence-corrected chi connectivity index (χ1v) is 8.56. The van der Waals surface area contributed by atoms with Gasteiger partial charge in [0.15, 0.2) is 13.2 Å². The number of benzene rings is 2. The average molecular weight is 396 g/mol. The molecule has 2 N–H and O–H groups in total. The van der Waals surface area contributed by atoms with Gasteiger partial charge in [-0.05, 0) is 36.4 Å². The van der Waals surface area contributed by atoms with E-state index < -0.39 is 18.5 Å². The zero-order valence-electron chi connectivity index (χ0n) is 15.8. The molecule has 0 saturated carbocycles. The molecule has 0 unspecified atom stereocenters. The number of amides is 2. The number of methoxy groups -OCH3 is 1. The van der Waals surface area contributed by atoms with E-state index in [1.165, 1.54) is 31.4 Å². The summed E-state index contributed by atoms with van der Waals surface area (Å²) in [5, 5.41) is 5.07. The molecule has 0 heterocycles. The first-order valence-electron chi connectivity index (χ1n) is 8.56. The maximum absolute atomic E-state index is 12.0. The number of terminal acetylenes is 1. The van der Waals surface area contributed by atoms with Crippen LogP contribution in [0.5, 0.6) is 11.5 Å². The Hall–Kier alpha value is -3.99. The second kappa shape index (κ2) is 11.0. The Morgan fingerprint density at radius 2 is 1.76 bits per heavy atom. The quantitative estimate of drug-likeness (QED) is 0.493. The van der Waals surface area contributed by atoms with Crippen LogP contribution in [0.2, 0.25) is 0 Å². The minimum Gasteiger partial charge on any atom is -0.497 e. The first-order chi connectivity index (χ1) is 14.0. The summed E-state index contributed by atoms with van der Waals surface area (Å²) in [6.45, 7) is -0.576. The molecule has 2 amide bonds. The Morgan fingerprint density at radius 3 is 2.45 bits per heavy atom. The van der Waals surface area contributed by atoms with Gasteiger partial charge in [0.05, 0.1) is 19.2 Å². The van der Waals surface area contributed by atoms with E-state index in [0.29, 0.717) is 17.2 Å². The number of hydrogen-bond acceptors (Lipinski definition) is 6. The zero-order valence-corrected chi connectivity index (χ0v) is 15.8. The maximum atomic E-state index is 12.0. The van der Waals surface area contributed by atoms with Gasteiger partial charge in [0, 0.05) is 11.8 Å². The molecule has 0 fully saturated rings. The van der Waals surface area contributed by atoms with Gasteiger partial charge in [-0.1, -0.05) is 12.0 Å². The highest BCUT2D eigenvalue weighted by atomic mass is 16.5. The van der Waals surface area contributed by atoms with E-state index in [2.05, 4.69) is 16.6 Å². The summed E-state index contributed by atoms with van der Waals surface area (Å²) < 4.78 is 15.4. The number of rotatable bonds is 9. The summed E-state index contributed by atoms with van der Waals surface area (Å²) in [6.07, 6.45) is 5.02. The van der Waals surface area contributed by atoms with E-state index in [-0.39, 0.29) is 24.6 Å².